The molecule has 122 valence electrons. The summed E-state index contributed by atoms with van der Waals surface area (Å²) in [5.41, 5.74) is 4.02. The van der Waals surface area contributed by atoms with E-state index in [0.29, 0.717) is 9.73 Å². The minimum absolute atomic E-state index is 0.514. The highest BCUT2D eigenvalue weighted by Crippen LogP contribution is 2.30. The maximum atomic E-state index is 5.97. The number of anilines is 1. The van der Waals surface area contributed by atoms with Crippen LogP contribution in [0, 0.1) is 4.71 Å². The minimum atomic E-state index is 0.514. The third-order valence-corrected chi connectivity index (χ3v) is 5.15. The van der Waals surface area contributed by atoms with Gasteiger partial charge in [-0.2, -0.15) is 0 Å². The molecule has 2 nitrogen and oxygen atoms in total. The van der Waals surface area contributed by atoms with Crippen molar-refractivity contribution in [1.82, 2.24) is 0 Å². The monoisotopic (exact) mass is 355 g/mol. The summed E-state index contributed by atoms with van der Waals surface area (Å²) in [6.45, 7) is 2.24. The van der Waals surface area contributed by atoms with E-state index in [1.807, 2.05) is 24.3 Å². The van der Waals surface area contributed by atoms with Gasteiger partial charge in [0.1, 0.15) is 5.58 Å². The molecule has 1 fully saturated rings. The van der Waals surface area contributed by atoms with Crippen LogP contribution in [-0.4, -0.2) is 13.1 Å². The smallest absolute Gasteiger partial charge is 0.198 e. The summed E-state index contributed by atoms with van der Waals surface area (Å²) in [6, 6.07) is 16.2. The molecule has 3 aromatic rings. The Bertz CT molecular complexity index is 927. The summed E-state index contributed by atoms with van der Waals surface area (Å²) in [7, 11) is 0. The molecule has 1 aliphatic rings. The first-order valence-corrected chi connectivity index (χ1v) is 9.08. The lowest BCUT2D eigenvalue weighted by Crippen LogP contribution is -2.29. The average molecular weight is 356 g/mol. The molecule has 0 spiro atoms. The van der Waals surface area contributed by atoms with Gasteiger partial charge in [-0.15, -0.1) is 0 Å². The van der Waals surface area contributed by atoms with Crippen molar-refractivity contribution in [3.05, 3.63) is 58.3 Å². The van der Waals surface area contributed by atoms with Crippen molar-refractivity contribution in [3.8, 4) is 11.1 Å². The SMILES string of the molecule is S=c1oc2cc(N3CCCCC3)ccc2cc1-c1ccc(Cl)cc1. The molecule has 2 heterocycles. The Morgan fingerprint density at radius 2 is 1.67 bits per heavy atom. The van der Waals surface area contributed by atoms with Gasteiger partial charge < -0.3 is 9.32 Å². The maximum Gasteiger partial charge on any atom is 0.198 e. The van der Waals surface area contributed by atoms with Gasteiger partial charge in [-0.3, -0.25) is 0 Å². The molecule has 0 radical (unpaired) electrons. The summed E-state index contributed by atoms with van der Waals surface area (Å²) >= 11 is 11.5. The molecule has 0 amide bonds. The highest BCUT2D eigenvalue weighted by molar-refractivity contribution is 7.71. The lowest BCUT2D eigenvalue weighted by atomic mass is 10.1. The van der Waals surface area contributed by atoms with Crippen molar-refractivity contribution in [2.45, 2.75) is 19.3 Å². The first-order valence-electron chi connectivity index (χ1n) is 8.29. The third kappa shape index (κ3) is 3.06. The minimum Gasteiger partial charge on any atom is -0.445 e. The van der Waals surface area contributed by atoms with Gasteiger partial charge in [-0.25, -0.2) is 0 Å². The molecule has 4 rings (SSSR count). The second kappa shape index (κ2) is 6.58. The van der Waals surface area contributed by atoms with Crippen LogP contribution in [0.2, 0.25) is 5.02 Å². The number of fused-ring (bicyclic) bond motifs is 1. The highest BCUT2D eigenvalue weighted by atomic mass is 35.5. The van der Waals surface area contributed by atoms with Crippen molar-refractivity contribution in [3.63, 3.8) is 0 Å². The quantitative estimate of drug-likeness (QED) is 0.490. The molecule has 0 aliphatic carbocycles. The number of hydrogen-bond donors (Lipinski definition) is 0. The number of nitrogens with zero attached hydrogens (tertiary/aromatic N) is 1. The highest BCUT2D eigenvalue weighted by Gasteiger charge is 2.12. The van der Waals surface area contributed by atoms with E-state index >= 15 is 0 Å². The van der Waals surface area contributed by atoms with E-state index in [-0.39, 0.29) is 0 Å². The Morgan fingerprint density at radius 3 is 2.42 bits per heavy atom. The van der Waals surface area contributed by atoms with Crippen molar-refractivity contribution in [2.24, 2.45) is 0 Å². The van der Waals surface area contributed by atoms with Crippen molar-refractivity contribution >= 4 is 40.5 Å². The molecule has 1 aromatic heterocycles. The Morgan fingerprint density at radius 1 is 0.917 bits per heavy atom. The summed E-state index contributed by atoms with van der Waals surface area (Å²) in [5.74, 6) is 0. The summed E-state index contributed by atoms with van der Waals surface area (Å²) in [4.78, 5) is 2.43. The Labute approximate surface area is 151 Å². The van der Waals surface area contributed by atoms with Crippen LogP contribution in [0.1, 0.15) is 19.3 Å². The van der Waals surface area contributed by atoms with E-state index in [9.17, 15) is 0 Å². The van der Waals surface area contributed by atoms with Gasteiger partial charge >= 0.3 is 0 Å². The maximum absolute atomic E-state index is 5.97. The zero-order chi connectivity index (χ0) is 16.5. The molecule has 4 heteroatoms. The molecular formula is C20H18ClNOS. The first kappa shape index (κ1) is 15.7. The predicted molar refractivity (Wildman–Crippen MR) is 104 cm³/mol. The molecule has 1 saturated heterocycles. The zero-order valence-corrected chi connectivity index (χ0v) is 14.9. The van der Waals surface area contributed by atoms with Gasteiger partial charge in [0, 0.05) is 40.8 Å². The van der Waals surface area contributed by atoms with Gasteiger partial charge in [-0.05, 0) is 67.4 Å². The number of benzene rings is 2. The van der Waals surface area contributed by atoms with E-state index in [1.54, 1.807) is 0 Å². The van der Waals surface area contributed by atoms with Crippen LogP contribution in [0.5, 0.6) is 0 Å². The Hall–Kier alpha value is -1.84. The van der Waals surface area contributed by atoms with Gasteiger partial charge in [0.2, 0.25) is 0 Å². The second-order valence-corrected chi connectivity index (χ2v) is 7.03. The van der Waals surface area contributed by atoms with Crippen LogP contribution in [-0.2, 0) is 0 Å². The number of halogens is 1. The number of hydrogen-bond acceptors (Lipinski definition) is 3. The van der Waals surface area contributed by atoms with E-state index in [4.69, 9.17) is 28.2 Å². The standard InChI is InChI=1S/C20H18ClNOS/c21-16-7-4-14(5-8-16)18-12-15-6-9-17(13-19(15)23-20(18)24)22-10-2-1-3-11-22/h4-9,12-13H,1-3,10-11H2. The van der Waals surface area contributed by atoms with E-state index < -0.39 is 0 Å². The molecular weight excluding hydrogens is 338 g/mol. The molecule has 24 heavy (non-hydrogen) atoms. The Balaban J connectivity index is 1.76. The Kier molecular flexibility index (Phi) is 4.30. The second-order valence-electron chi connectivity index (χ2n) is 6.22. The van der Waals surface area contributed by atoms with Crippen LogP contribution in [0.15, 0.2) is 52.9 Å². The van der Waals surface area contributed by atoms with Gasteiger partial charge in [0.25, 0.3) is 0 Å². The summed E-state index contributed by atoms with van der Waals surface area (Å²) < 4.78 is 6.48. The fraction of sp³-hybridized carbons (Fsp3) is 0.250. The van der Waals surface area contributed by atoms with Crippen molar-refractivity contribution in [1.29, 1.82) is 0 Å². The first-order chi connectivity index (χ1) is 11.7. The molecule has 1 aliphatic heterocycles. The largest absolute Gasteiger partial charge is 0.445 e. The lowest BCUT2D eigenvalue weighted by molar-refractivity contribution is 0.574. The van der Waals surface area contributed by atoms with Crippen molar-refractivity contribution < 1.29 is 4.42 Å². The summed E-state index contributed by atoms with van der Waals surface area (Å²) in [6.07, 6.45) is 3.85. The van der Waals surface area contributed by atoms with Crippen LogP contribution >= 0.6 is 23.8 Å². The third-order valence-electron chi connectivity index (χ3n) is 4.60. The predicted octanol–water partition coefficient (Wildman–Crippen LogP) is 6.47. The van der Waals surface area contributed by atoms with Crippen LogP contribution in [0.25, 0.3) is 22.1 Å². The lowest BCUT2D eigenvalue weighted by Gasteiger charge is -2.28. The fourth-order valence-corrected chi connectivity index (χ4v) is 3.67. The zero-order valence-electron chi connectivity index (χ0n) is 13.3. The molecule has 0 unspecified atom stereocenters. The fourth-order valence-electron chi connectivity index (χ4n) is 3.28. The van der Waals surface area contributed by atoms with Crippen LogP contribution in [0.4, 0.5) is 5.69 Å². The van der Waals surface area contributed by atoms with Crippen LogP contribution < -0.4 is 4.90 Å². The number of rotatable bonds is 2. The van der Waals surface area contributed by atoms with Crippen LogP contribution in [0.3, 0.4) is 0 Å². The molecule has 0 saturated carbocycles. The van der Waals surface area contributed by atoms with Gasteiger partial charge in [0.15, 0.2) is 4.71 Å². The van der Waals surface area contributed by atoms with E-state index in [2.05, 4.69) is 29.2 Å². The average Bonchev–Trinajstić information content (AvgIpc) is 2.62. The normalized spacial score (nSPS) is 15.0. The number of piperidine rings is 1. The van der Waals surface area contributed by atoms with E-state index in [0.717, 1.165) is 35.2 Å². The molecule has 0 N–H and O–H groups in total. The molecule has 0 atom stereocenters. The van der Waals surface area contributed by atoms with E-state index in [1.165, 1.54) is 24.9 Å². The molecule has 0 bridgehead atoms. The van der Waals surface area contributed by atoms with Crippen molar-refractivity contribution in [2.75, 3.05) is 18.0 Å². The topological polar surface area (TPSA) is 16.4 Å². The summed E-state index contributed by atoms with van der Waals surface area (Å²) in [5, 5.41) is 1.78. The van der Waals surface area contributed by atoms with Gasteiger partial charge in [-0.1, -0.05) is 23.7 Å². The van der Waals surface area contributed by atoms with Gasteiger partial charge in [0.05, 0.1) is 0 Å². The molecule has 2 aromatic carbocycles.